The van der Waals surface area contributed by atoms with Crippen LogP contribution in [0.3, 0.4) is 0 Å². The minimum atomic E-state index is 0.0687. The van der Waals surface area contributed by atoms with Gasteiger partial charge in [0.15, 0.2) is 0 Å². The molecule has 0 saturated heterocycles. The Morgan fingerprint density at radius 3 is 2.80 bits per heavy atom. The lowest BCUT2D eigenvalue weighted by molar-refractivity contribution is 0.0769. The number of rotatable bonds is 6. The van der Waals surface area contributed by atoms with E-state index in [1.165, 1.54) is 0 Å². The molecule has 0 aliphatic rings. The summed E-state index contributed by atoms with van der Waals surface area (Å²) in [5, 5.41) is 1.11. The van der Waals surface area contributed by atoms with E-state index in [2.05, 4.69) is 17.6 Å². The zero-order chi connectivity index (χ0) is 14.5. The zero-order valence-electron chi connectivity index (χ0n) is 12.4. The summed E-state index contributed by atoms with van der Waals surface area (Å²) in [6, 6.07) is 10.1. The molecule has 0 fully saturated rings. The molecule has 4 nitrogen and oxygen atoms in total. The van der Waals surface area contributed by atoms with Gasteiger partial charge in [-0.2, -0.15) is 0 Å². The number of hydrogen-bond acceptors (Lipinski definition) is 2. The number of aromatic nitrogens is 1. The lowest BCUT2D eigenvalue weighted by Crippen LogP contribution is -2.30. The molecular weight excluding hydrogens is 252 g/mol. The van der Waals surface area contributed by atoms with E-state index in [0.29, 0.717) is 13.2 Å². The topological polar surface area (TPSA) is 34.5 Å². The van der Waals surface area contributed by atoms with Crippen molar-refractivity contribution in [3.8, 4) is 0 Å². The number of carbonyl (C=O) groups excluding carboxylic acids is 1. The number of nitrogens with zero attached hydrogens (tertiary/aromatic N) is 2. The van der Waals surface area contributed by atoms with Crippen LogP contribution in [-0.2, 0) is 11.3 Å². The number of carbonyl (C=O) groups is 1. The van der Waals surface area contributed by atoms with Gasteiger partial charge in [-0.15, -0.1) is 0 Å². The first kappa shape index (κ1) is 14.6. The van der Waals surface area contributed by atoms with Crippen LogP contribution in [0.1, 0.15) is 23.8 Å². The molecular formula is C16H22N2O2. The van der Waals surface area contributed by atoms with Crippen LogP contribution in [-0.4, -0.2) is 42.7 Å². The van der Waals surface area contributed by atoms with Crippen molar-refractivity contribution in [3.63, 3.8) is 0 Å². The zero-order valence-corrected chi connectivity index (χ0v) is 12.4. The van der Waals surface area contributed by atoms with Gasteiger partial charge in [-0.05, 0) is 25.5 Å². The molecule has 0 saturated carbocycles. The summed E-state index contributed by atoms with van der Waals surface area (Å²) in [4.78, 5) is 14.3. The quantitative estimate of drug-likeness (QED) is 0.759. The Labute approximate surface area is 119 Å². The Bertz CT molecular complexity index is 589. The normalized spacial score (nSPS) is 10.9. The van der Waals surface area contributed by atoms with Crippen LogP contribution in [0.5, 0.6) is 0 Å². The van der Waals surface area contributed by atoms with Crippen LogP contribution in [0.25, 0.3) is 10.9 Å². The maximum atomic E-state index is 12.6. The van der Waals surface area contributed by atoms with Crippen molar-refractivity contribution in [1.82, 2.24) is 9.47 Å². The van der Waals surface area contributed by atoms with Gasteiger partial charge < -0.3 is 14.2 Å². The highest BCUT2D eigenvalue weighted by molar-refractivity contribution is 5.98. The third-order valence-electron chi connectivity index (χ3n) is 3.53. The van der Waals surface area contributed by atoms with E-state index in [1.807, 2.05) is 31.3 Å². The monoisotopic (exact) mass is 274 g/mol. The van der Waals surface area contributed by atoms with Crippen molar-refractivity contribution in [2.24, 2.45) is 0 Å². The van der Waals surface area contributed by atoms with Crippen molar-refractivity contribution in [2.75, 3.05) is 27.3 Å². The van der Waals surface area contributed by atoms with Gasteiger partial charge in [-0.25, -0.2) is 0 Å². The van der Waals surface area contributed by atoms with Crippen molar-refractivity contribution in [3.05, 3.63) is 36.0 Å². The van der Waals surface area contributed by atoms with Crippen LogP contribution in [0.2, 0.25) is 0 Å². The number of aryl methyl sites for hydroxylation is 1. The molecule has 2 rings (SSSR count). The second kappa shape index (κ2) is 6.57. The Hall–Kier alpha value is -1.81. The Morgan fingerprint density at radius 2 is 2.10 bits per heavy atom. The van der Waals surface area contributed by atoms with Gasteiger partial charge in [-0.1, -0.05) is 18.2 Å². The smallest absolute Gasteiger partial charge is 0.270 e. The minimum Gasteiger partial charge on any atom is -0.385 e. The van der Waals surface area contributed by atoms with E-state index < -0.39 is 0 Å². The van der Waals surface area contributed by atoms with E-state index in [4.69, 9.17) is 4.74 Å². The molecule has 1 heterocycles. The molecule has 4 heteroatoms. The number of ether oxygens (including phenoxy) is 1. The highest BCUT2D eigenvalue weighted by Gasteiger charge is 2.17. The fraction of sp³-hybridized carbons (Fsp3) is 0.438. The van der Waals surface area contributed by atoms with E-state index in [0.717, 1.165) is 29.6 Å². The molecule has 1 aromatic heterocycles. The molecule has 0 aliphatic carbocycles. The van der Waals surface area contributed by atoms with Gasteiger partial charge >= 0.3 is 0 Å². The maximum absolute atomic E-state index is 12.6. The van der Waals surface area contributed by atoms with Gasteiger partial charge in [0.05, 0.1) is 0 Å². The molecule has 1 amide bonds. The summed E-state index contributed by atoms with van der Waals surface area (Å²) in [5.41, 5.74) is 1.87. The summed E-state index contributed by atoms with van der Waals surface area (Å²) in [5.74, 6) is 0.0687. The van der Waals surface area contributed by atoms with E-state index in [-0.39, 0.29) is 5.91 Å². The van der Waals surface area contributed by atoms with Gasteiger partial charge in [0.2, 0.25) is 0 Å². The first-order valence-electron chi connectivity index (χ1n) is 7.01. The van der Waals surface area contributed by atoms with E-state index >= 15 is 0 Å². The number of fused-ring (bicyclic) bond motifs is 1. The van der Waals surface area contributed by atoms with Crippen LogP contribution >= 0.6 is 0 Å². The summed E-state index contributed by atoms with van der Waals surface area (Å²) >= 11 is 0. The van der Waals surface area contributed by atoms with Crippen LogP contribution < -0.4 is 0 Å². The lowest BCUT2D eigenvalue weighted by atomic mass is 10.2. The molecule has 0 radical (unpaired) electrons. The summed E-state index contributed by atoms with van der Waals surface area (Å²) < 4.78 is 7.10. The van der Waals surface area contributed by atoms with Crippen molar-refractivity contribution < 1.29 is 9.53 Å². The fourth-order valence-corrected chi connectivity index (χ4v) is 2.47. The average molecular weight is 274 g/mol. The second-order valence-corrected chi connectivity index (χ2v) is 4.91. The molecule has 0 bridgehead atoms. The molecule has 1 aromatic carbocycles. The van der Waals surface area contributed by atoms with Gasteiger partial charge in [0.25, 0.3) is 5.91 Å². The standard InChI is InChI=1S/C16H22N2O2/c1-4-18-14-9-6-5-8-13(14)12-15(18)16(19)17(2)10-7-11-20-3/h5-6,8-9,12H,4,7,10-11H2,1-3H3. The fourth-order valence-electron chi connectivity index (χ4n) is 2.47. The van der Waals surface area contributed by atoms with Gasteiger partial charge in [0.1, 0.15) is 5.69 Å². The predicted octanol–water partition coefficient (Wildman–Crippen LogP) is 2.77. The Balaban J connectivity index is 2.25. The van der Waals surface area contributed by atoms with Crippen LogP contribution in [0.4, 0.5) is 0 Å². The molecule has 0 aliphatic heterocycles. The third kappa shape index (κ3) is 2.85. The summed E-state index contributed by atoms with van der Waals surface area (Å²) in [6.07, 6.45) is 0.852. The van der Waals surface area contributed by atoms with Crippen molar-refractivity contribution in [2.45, 2.75) is 19.9 Å². The molecule has 108 valence electrons. The lowest BCUT2D eigenvalue weighted by Gasteiger charge is -2.18. The molecule has 0 atom stereocenters. The molecule has 0 N–H and O–H groups in total. The predicted molar refractivity (Wildman–Crippen MR) is 81.1 cm³/mol. The first-order chi connectivity index (χ1) is 9.69. The van der Waals surface area contributed by atoms with Crippen molar-refractivity contribution >= 4 is 16.8 Å². The molecule has 0 spiro atoms. The first-order valence-corrected chi connectivity index (χ1v) is 7.01. The highest BCUT2D eigenvalue weighted by atomic mass is 16.5. The number of methoxy groups -OCH3 is 1. The summed E-state index contributed by atoms with van der Waals surface area (Å²) in [6.45, 7) is 4.24. The van der Waals surface area contributed by atoms with E-state index in [9.17, 15) is 4.79 Å². The number of hydrogen-bond donors (Lipinski definition) is 0. The Kier molecular flexibility index (Phi) is 4.79. The third-order valence-corrected chi connectivity index (χ3v) is 3.53. The van der Waals surface area contributed by atoms with E-state index in [1.54, 1.807) is 12.0 Å². The SMILES string of the molecule is CCn1c(C(=O)N(C)CCCOC)cc2ccccc21. The Morgan fingerprint density at radius 1 is 1.35 bits per heavy atom. The average Bonchev–Trinajstić information content (AvgIpc) is 2.85. The summed E-state index contributed by atoms with van der Waals surface area (Å²) in [7, 11) is 3.52. The number of benzene rings is 1. The van der Waals surface area contributed by atoms with Gasteiger partial charge in [-0.3, -0.25) is 4.79 Å². The van der Waals surface area contributed by atoms with Gasteiger partial charge in [0, 0.05) is 44.8 Å². The largest absolute Gasteiger partial charge is 0.385 e. The second-order valence-electron chi connectivity index (χ2n) is 4.91. The van der Waals surface area contributed by atoms with Crippen LogP contribution in [0.15, 0.2) is 30.3 Å². The molecule has 20 heavy (non-hydrogen) atoms. The minimum absolute atomic E-state index is 0.0687. The van der Waals surface area contributed by atoms with Crippen LogP contribution in [0, 0.1) is 0 Å². The molecule has 2 aromatic rings. The number of para-hydroxylation sites is 1. The van der Waals surface area contributed by atoms with Crippen molar-refractivity contribution in [1.29, 1.82) is 0 Å². The highest BCUT2D eigenvalue weighted by Crippen LogP contribution is 2.20. The number of amides is 1. The maximum Gasteiger partial charge on any atom is 0.270 e. The molecule has 0 unspecified atom stereocenters.